The Kier molecular flexibility index (Phi) is 5.29. The van der Waals surface area contributed by atoms with Gasteiger partial charge in [-0.05, 0) is 60.4 Å². The second-order valence-corrected chi connectivity index (χ2v) is 6.98. The van der Waals surface area contributed by atoms with E-state index < -0.39 is 5.97 Å². The molecule has 148 valence electrons. The van der Waals surface area contributed by atoms with Crippen LogP contribution in [0.15, 0.2) is 53.5 Å². The summed E-state index contributed by atoms with van der Waals surface area (Å²) in [6, 6.07) is 13.1. The van der Waals surface area contributed by atoms with E-state index >= 15 is 0 Å². The van der Waals surface area contributed by atoms with Crippen LogP contribution in [0.4, 0.5) is 11.4 Å². The maximum Gasteiger partial charge on any atom is 0.328 e. The minimum absolute atomic E-state index is 0.0558. The molecule has 2 aliphatic rings. The van der Waals surface area contributed by atoms with Gasteiger partial charge in [0.25, 0.3) is 5.91 Å². The number of nitrogens with zero attached hydrogens (tertiary/aromatic N) is 2. The fourth-order valence-corrected chi connectivity index (χ4v) is 3.54. The molecule has 2 aromatic carbocycles. The Bertz CT molecular complexity index is 1010. The number of aliphatic imine (C=N–C) groups is 1. The van der Waals surface area contributed by atoms with Crippen molar-refractivity contribution in [3.8, 4) is 0 Å². The van der Waals surface area contributed by atoms with Crippen molar-refractivity contribution in [1.82, 2.24) is 5.32 Å². The third-order valence-corrected chi connectivity index (χ3v) is 4.93. The fraction of sp³-hybridized carbons (Fsp3) is 0.227. The summed E-state index contributed by atoms with van der Waals surface area (Å²) in [5.41, 5.74) is 4.15. The minimum atomic E-state index is -0.981. The number of nitrogens with one attached hydrogen (secondary N) is 2. The van der Waals surface area contributed by atoms with Crippen LogP contribution in [0.5, 0.6) is 0 Å². The number of carboxylic acids is 1. The second kappa shape index (κ2) is 8.18. The highest BCUT2D eigenvalue weighted by atomic mass is 16.4. The Morgan fingerprint density at radius 2 is 2.10 bits per heavy atom. The second-order valence-electron chi connectivity index (χ2n) is 6.98. The summed E-state index contributed by atoms with van der Waals surface area (Å²) in [5, 5.41) is 15.2. The van der Waals surface area contributed by atoms with Crippen LogP contribution in [0.3, 0.4) is 0 Å². The van der Waals surface area contributed by atoms with Crippen LogP contribution < -0.4 is 15.5 Å². The van der Waals surface area contributed by atoms with Gasteiger partial charge in [-0.2, -0.15) is 0 Å². The molecule has 0 fully saturated rings. The van der Waals surface area contributed by atoms with Gasteiger partial charge in [0.2, 0.25) is 0 Å². The van der Waals surface area contributed by atoms with Gasteiger partial charge >= 0.3 is 5.97 Å². The first kappa shape index (κ1) is 18.7. The Labute approximate surface area is 168 Å². The summed E-state index contributed by atoms with van der Waals surface area (Å²) in [6.45, 7) is 2.28. The summed E-state index contributed by atoms with van der Waals surface area (Å²) >= 11 is 0. The number of amides is 1. The largest absolute Gasteiger partial charge is 0.478 e. The highest BCUT2D eigenvalue weighted by Gasteiger charge is 2.25. The van der Waals surface area contributed by atoms with E-state index in [1.54, 1.807) is 11.0 Å². The molecule has 2 heterocycles. The molecule has 4 rings (SSSR count). The van der Waals surface area contributed by atoms with Gasteiger partial charge in [0.05, 0.1) is 0 Å². The van der Waals surface area contributed by atoms with Crippen molar-refractivity contribution in [3.63, 3.8) is 0 Å². The first-order valence-electron chi connectivity index (χ1n) is 9.61. The Morgan fingerprint density at radius 3 is 2.90 bits per heavy atom. The van der Waals surface area contributed by atoms with Crippen LogP contribution in [0.25, 0.3) is 6.08 Å². The number of hydrogen-bond donors (Lipinski definition) is 3. The van der Waals surface area contributed by atoms with Crippen LogP contribution in [0.1, 0.15) is 27.9 Å². The van der Waals surface area contributed by atoms with E-state index in [0.717, 1.165) is 60.5 Å². The Morgan fingerprint density at radius 1 is 1.21 bits per heavy atom. The van der Waals surface area contributed by atoms with Crippen molar-refractivity contribution in [2.45, 2.75) is 12.8 Å². The summed E-state index contributed by atoms with van der Waals surface area (Å²) in [5.74, 6) is -0.306. The van der Waals surface area contributed by atoms with Gasteiger partial charge in [-0.25, -0.2) is 4.79 Å². The molecule has 3 N–H and O–H groups in total. The highest BCUT2D eigenvalue weighted by Crippen LogP contribution is 2.31. The number of anilines is 2. The summed E-state index contributed by atoms with van der Waals surface area (Å²) in [4.78, 5) is 30.0. The summed E-state index contributed by atoms with van der Waals surface area (Å²) < 4.78 is 0. The molecule has 2 aromatic rings. The zero-order valence-corrected chi connectivity index (χ0v) is 15.9. The third kappa shape index (κ3) is 4.29. The van der Waals surface area contributed by atoms with Crippen molar-refractivity contribution in [3.05, 3.63) is 65.2 Å². The molecule has 0 radical (unpaired) electrons. The number of fused-ring (bicyclic) bond motifs is 1. The first-order valence-corrected chi connectivity index (χ1v) is 9.61. The zero-order valence-electron chi connectivity index (χ0n) is 15.9. The van der Waals surface area contributed by atoms with Crippen molar-refractivity contribution in [2.75, 3.05) is 29.9 Å². The van der Waals surface area contributed by atoms with Crippen LogP contribution >= 0.6 is 0 Å². The quantitative estimate of drug-likeness (QED) is 0.698. The van der Waals surface area contributed by atoms with Crippen LogP contribution in [-0.2, 0) is 11.2 Å². The highest BCUT2D eigenvalue weighted by molar-refractivity contribution is 6.08. The van der Waals surface area contributed by atoms with Gasteiger partial charge in [-0.1, -0.05) is 12.1 Å². The van der Waals surface area contributed by atoms with Crippen molar-refractivity contribution >= 4 is 35.3 Å². The number of guanidine groups is 1. The number of aliphatic carboxylic acids is 1. The molecule has 7 nitrogen and oxygen atoms in total. The molecule has 0 saturated carbocycles. The van der Waals surface area contributed by atoms with Gasteiger partial charge in [-0.3, -0.25) is 9.79 Å². The van der Waals surface area contributed by atoms with Gasteiger partial charge in [0, 0.05) is 42.6 Å². The number of hydrogen-bond acceptors (Lipinski definition) is 5. The monoisotopic (exact) mass is 390 g/mol. The number of benzene rings is 2. The molecular formula is C22H22N4O3. The third-order valence-electron chi connectivity index (χ3n) is 4.93. The lowest BCUT2D eigenvalue weighted by Crippen LogP contribution is -2.35. The van der Waals surface area contributed by atoms with Crippen molar-refractivity contribution in [1.29, 1.82) is 0 Å². The lowest BCUT2D eigenvalue weighted by Gasteiger charge is -2.19. The van der Waals surface area contributed by atoms with Gasteiger partial charge < -0.3 is 20.6 Å². The molecule has 29 heavy (non-hydrogen) atoms. The molecule has 7 heteroatoms. The fourth-order valence-electron chi connectivity index (χ4n) is 3.54. The van der Waals surface area contributed by atoms with Crippen LogP contribution in [0, 0.1) is 0 Å². The molecule has 0 bridgehead atoms. The minimum Gasteiger partial charge on any atom is -0.478 e. The van der Waals surface area contributed by atoms with Gasteiger partial charge in [0.1, 0.15) is 0 Å². The zero-order chi connectivity index (χ0) is 20.2. The number of carbonyl (C=O) groups is 2. The number of carboxylic acid groups (broad SMARTS) is 1. The van der Waals surface area contributed by atoms with E-state index in [0.29, 0.717) is 12.1 Å². The molecule has 0 saturated heterocycles. The standard InChI is InChI=1S/C22H22N4O3/c27-20(28)8-6-15-5-7-19-16(13-15)9-12-26(19)21(29)17-3-1-4-18(14-17)25-22-23-10-2-11-24-22/h1,3-8,13-14H,2,9-12H2,(H,27,28)(H2,23,24,25)/b8-6+. The van der Waals surface area contributed by atoms with E-state index in [2.05, 4.69) is 15.6 Å². The molecule has 0 unspecified atom stereocenters. The maximum absolute atomic E-state index is 13.1. The Balaban J connectivity index is 1.52. The van der Waals surface area contributed by atoms with E-state index in [-0.39, 0.29) is 5.91 Å². The van der Waals surface area contributed by atoms with Gasteiger partial charge in [-0.15, -0.1) is 0 Å². The average molecular weight is 390 g/mol. The Hall–Kier alpha value is -3.61. The smallest absolute Gasteiger partial charge is 0.328 e. The van der Waals surface area contributed by atoms with Crippen molar-refractivity contribution in [2.24, 2.45) is 4.99 Å². The molecule has 2 aliphatic heterocycles. The molecular weight excluding hydrogens is 368 g/mol. The number of rotatable bonds is 4. The molecule has 0 aromatic heterocycles. The SMILES string of the molecule is O=C(O)/C=C/c1ccc2c(c1)CCN2C(=O)c1cccc(NC2=NCCCN2)c1. The van der Waals surface area contributed by atoms with E-state index in [1.807, 2.05) is 42.5 Å². The molecule has 0 atom stereocenters. The average Bonchev–Trinajstić information content (AvgIpc) is 3.16. The predicted octanol–water partition coefficient (Wildman–Crippen LogP) is 2.75. The normalized spacial score (nSPS) is 15.6. The summed E-state index contributed by atoms with van der Waals surface area (Å²) in [7, 11) is 0. The molecule has 0 spiro atoms. The lowest BCUT2D eigenvalue weighted by molar-refractivity contribution is -0.131. The van der Waals surface area contributed by atoms with Gasteiger partial charge in [0.15, 0.2) is 5.96 Å². The summed E-state index contributed by atoms with van der Waals surface area (Å²) in [6.07, 6.45) is 4.44. The molecule has 1 amide bonds. The van der Waals surface area contributed by atoms with E-state index in [1.165, 1.54) is 0 Å². The topological polar surface area (TPSA) is 94.0 Å². The molecule has 0 aliphatic carbocycles. The van der Waals surface area contributed by atoms with E-state index in [4.69, 9.17) is 5.11 Å². The van der Waals surface area contributed by atoms with Crippen LogP contribution in [0.2, 0.25) is 0 Å². The van der Waals surface area contributed by atoms with Crippen LogP contribution in [-0.4, -0.2) is 42.6 Å². The number of carbonyl (C=O) groups excluding carboxylic acids is 1. The first-order chi connectivity index (χ1) is 14.1. The van der Waals surface area contributed by atoms with E-state index in [9.17, 15) is 9.59 Å². The maximum atomic E-state index is 13.1. The predicted molar refractivity (Wildman–Crippen MR) is 113 cm³/mol. The van der Waals surface area contributed by atoms with Crippen molar-refractivity contribution < 1.29 is 14.7 Å². The lowest BCUT2D eigenvalue weighted by atomic mass is 10.1.